The molecule has 0 radical (unpaired) electrons. The minimum Gasteiger partial charge on any atom is -0.394 e. The fourth-order valence-electron chi connectivity index (χ4n) is 11.1. The molecule has 522 valence electrons. The number of carbonyl (C=O) groups is 1. The van der Waals surface area contributed by atoms with E-state index in [9.17, 15) is 45.6 Å². The zero-order valence-electron chi connectivity index (χ0n) is 56.8. The van der Waals surface area contributed by atoms with Crippen LogP contribution in [0.15, 0.2) is 122 Å². The summed E-state index contributed by atoms with van der Waals surface area (Å²) in [6, 6.07) is -0.951. The highest BCUT2D eigenvalue weighted by molar-refractivity contribution is 5.76. The molecule has 14 heteroatoms. The maximum absolute atomic E-state index is 13.3. The molecule has 0 aromatic rings. The summed E-state index contributed by atoms with van der Waals surface area (Å²) in [5.41, 5.74) is 0. The van der Waals surface area contributed by atoms with Gasteiger partial charge in [-0.3, -0.25) is 4.79 Å². The molecule has 0 bridgehead atoms. The summed E-state index contributed by atoms with van der Waals surface area (Å²) in [7, 11) is 0. The Morgan fingerprint density at radius 1 is 0.407 bits per heavy atom. The molecule has 2 saturated heterocycles. The van der Waals surface area contributed by atoms with Crippen molar-refractivity contribution in [2.45, 2.75) is 338 Å². The van der Waals surface area contributed by atoms with Gasteiger partial charge in [-0.2, -0.15) is 0 Å². The minimum absolute atomic E-state index is 0.248. The lowest BCUT2D eigenvalue weighted by molar-refractivity contribution is -0.359. The molecule has 2 rings (SSSR count). The second kappa shape index (κ2) is 60.1. The number of aliphatic hydroxyl groups is 8. The Labute approximate surface area is 552 Å². The van der Waals surface area contributed by atoms with Crippen LogP contribution in [-0.4, -0.2) is 140 Å². The Kier molecular flexibility index (Phi) is 55.1. The lowest BCUT2D eigenvalue weighted by atomic mass is 9.97. The summed E-state index contributed by atoms with van der Waals surface area (Å²) in [5, 5.41) is 87.5. The molecule has 12 atom stereocenters. The first-order chi connectivity index (χ1) is 44.6. The Hall–Kier alpha value is -3.61. The van der Waals surface area contributed by atoms with Crippen molar-refractivity contribution in [3.05, 3.63) is 122 Å². The average Bonchev–Trinajstić information content (AvgIpc) is 1.25. The molecular formula is C77H131NO13. The van der Waals surface area contributed by atoms with E-state index >= 15 is 0 Å². The van der Waals surface area contributed by atoms with Crippen molar-refractivity contribution in [1.29, 1.82) is 0 Å². The van der Waals surface area contributed by atoms with Gasteiger partial charge in [-0.05, 0) is 96.3 Å². The van der Waals surface area contributed by atoms with Gasteiger partial charge in [0.1, 0.15) is 48.8 Å². The van der Waals surface area contributed by atoms with Gasteiger partial charge in [0.05, 0.1) is 32.0 Å². The second-order valence-electron chi connectivity index (χ2n) is 25.0. The number of amides is 1. The van der Waals surface area contributed by atoms with Crippen molar-refractivity contribution in [1.82, 2.24) is 5.32 Å². The van der Waals surface area contributed by atoms with Crippen molar-refractivity contribution < 1.29 is 64.6 Å². The Morgan fingerprint density at radius 2 is 0.769 bits per heavy atom. The SMILES string of the molecule is CC/C=C\C/C=C\C/C=C\C/C=C\C/C=C\C/C=C\C/C=C\C/C=C\CCCCCCCCC(=O)NC(COC1OC(CO)C(OC2OC(CO)C(O)C(O)C2O)C(O)C1O)C(O)/C=C/CC/C=C/CCCCCCCCCCCCCCCCCCCCCC. The highest BCUT2D eigenvalue weighted by Crippen LogP contribution is 2.30. The summed E-state index contributed by atoms with van der Waals surface area (Å²) in [6.45, 7) is 2.67. The molecule has 1 amide bonds. The lowest BCUT2D eigenvalue weighted by Crippen LogP contribution is -2.65. The fourth-order valence-corrected chi connectivity index (χ4v) is 11.1. The third-order valence-electron chi connectivity index (χ3n) is 16.9. The number of allylic oxidation sites excluding steroid dienone is 19. The number of ether oxygens (including phenoxy) is 4. The van der Waals surface area contributed by atoms with Gasteiger partial charge < -0.3 is 65.1 Å². The lowest BCUT2D eigenvalue weighted by Gasteiger charge is -2.46. The molecule has 12 unspecified atom stereocenters. The van der Waals surface area contributed by atoms with Gasteiger partial charge in [-0.25, -0.2) is 0 Å². The third-order valence-corrected chi connectivity index (χ3v) is 16.9. The molecule has 2 fully saturated rings. The van der Waals surface area contributed by atoms with E-state index < -0.39 is 86.8 Å². The van der Waals surface area contributed by atoms with Crippen LogP contribution in [0.5, 0.6) is 0 Å². The van der Waals surface area contributed by atoms with E-state index in [1.807, 2.05) is 6.08 Å². The molecule has 0 aromatic heterocycles. The Morgan fingerprint density at radius 3 is 1.21 bits per heavy atom. The molecule has 9 N–H and O–H groups in total. The Bertz CT molecular complexity index is 1990. The number of hydrogen-bond acceptors (Lipinski definition) is 13. The van der Waals surface area contributed by atoms with Crippen LogP contribution in [0.1, 0.15) is 264 Å². The summed E-state index contributed by atoms with van der Waals surface area (Å²) < 4.78 is 22.8. The zero-order valence-corrected chi connectivity index (χ0v) is 56.8. The molecule has 0 aromatic carbocycles. The van der Waals surface area contributed by atoms with Crippen LogP contribution in [0.3, 0.4) is 0 Å². The molecule has 0 spiro atoms. The quantitative estimate of drug-likeness (QED) is 0.0204. The molecule has 2 aliphatic heterocycles. The molecule has 0 aliphatic carbocycles. The van der Waals surface area contributed by atoms with Gasteiger partial charge in [-0.1, -0.05) is 283 Å². The van der Waals surface area contributed by atoms with Crippen molar-refractivity contribution >= 4 is 5.91 Å². The van der Waals surface area contributed by atoms with Gasteiger partial charge in [0.25, 0.3) is 0 Å². The maximum atomic E-state index is 13.3. The highest BCUT2D eigenvalue weighted by Gasteiger charge is 2.51. The molecule has 2 aliphatic rings. The van der Waals surface area contributed by atoms with E-state index in [1.54, 1.807) is 6.08 Å². The van der Waals surface area contributed by atoms with Crippen LogP contribution < -0.4 is 5.32 Å². The average molecular weight is 1280 g/mol. The first kappa shape index (κ1) is 83.5. The summed E-state index contributed by atoms with van der Waals surface area (Å²) >= 11 is 0. The van der Waals surface area contributed by atoms with Crippen molar-refractivity contribution in [2.24, 2.45) is 0 Å². The normalized spacial score (nSPS) is 23.5. The van der Waals surface area contributed by atoms with Crippen molar-refractivity contribution in [2.75, 3.05) is 19.8 Å². The van der Waals surface area contributed by atoms with Crippen LogP contribution in [-0.2, 0) is 23.7 Å². The number of nitrogens with one attached hydrogen (secondary N) is 1. The van der Waals surface area contributed by atoms with Crippen LogP contribution >= 0.6 is 0 Å². The monoisotopic (exact) mass is 1280 g/mol. The fraction of sp³-hybridized carbons (Fsp3) is 0.727. The first-order valence-corrected chi connectivity index (χ1v) is 36.3. The van der Waals surface area contributed by atoms with Crippen molar-refractivity contribution in [3.8, 4) is 0 Å². The van der Waals surface area contributed by atoms with Crippen LogP contribution in [0, 0.1) is 0 Å². The van der Waals surface area contributed by atoms with Crippen LogP contribution in [0.4, 0.5) is 0 Å². The number of hydrogen-bond donors (Lipinski definition) is 9. The number of aliphatic hydroxyl groups excluding tert-OH is 8. The summed E-state index contributed by atoms with van der Waals surface area (Å²) in [6.07, 6.45) is 71.1. The standard InChI is InChI=1S/C77H131NO13/c1-3-5-7-9-11-13-15-17-19-21-23-25-27-29-31-32-33-34-35-37-39-41-43-45-47-49-51-53-55-57-59-61-69(82)78-65(64-88-76-74(87)72(85)75(68(63-80)90-76)91-77-73(86)71(84)70(83)67(62-79)89-77)66(81)60-58-56-54-52-50-48-46-44-42-40-38-36-30-28-26-24-22-20-18-16-14-12-10-8-6-4-2/h5,7,11,13,17,19,23,25,29,31,33-34,37,39,43,45,50,52,58,60,65-68,70-77,79-81,83-87H,3-4,6,8-10,12,14-16,18,20-22,24,26-28,30,32,35-36,38,40-42,44,46-49,51,53-57,59,61-64H2,1-2H3,(H,78,82)/b7-5-,13-11-,19-17-,25-23-,31-29-,34-33-,39-37-,45-43-,52-50+,60-58+. The first-order valence-electron chi connectivity index (χ1n) is 36.3. The molecule has 0 saturated carbocycles. The highest BCUT2D eigenvalue weighted by atomic mass is 16.7. The van der Waals surface area contributed by atoms with E-state index in [0.717, 1.165) is 103 Å². The van der Waals surface area contributed by atoms with Gasteiger partial charge >= 0.3 is 0 Å². The minimum atomic E-state index is -1.80. The van der Waals surface area contributed by atoms with Crippen LogP contribution in [0.2, 0.25) is 0 Å². The summed E-state index contributed by atoms with van der Waals surface area (Å²) in [5.74, 6) is -0.267. The molecule has 14 nitrogen and oxygen atoms in total. The zero-order chi connectivity index (χ0) is 65.9. The maximum Gasteiger partial charge on any atom is 0.220 e. The van der Waals surface area contributed by atoms with Gasteiger partial charge in [-0.15, -0.1) is 0 Å². The number of rotatable bonds is 58. The number of unbranched alkanes of at least 4 members (excludes halogenated alkanes) is 27. The largest absolute Gasteiger partial charge is 0.394 e. The Balaban J connectivity index is 1.71. The van der Waals surface area contributed by atoms with Gasteiger partial charge in [0.15, 0.2) is 12.6 Å². The smallest absolute Gasteiger partial charge is 0.220 e. The number of carbonyl (C=O) groups excluding carboxylic acids is 1. The molecule has 2 heterocycles. The van der Waals surface area contributed by atoms with E-state index in [0.29, 0.717) is 12.8 Å². The van der Waals surface area contributed by atoms with E-state index in [-0.39, 0.29) is 18.9 Å². The predicted octanol–water partition coefficient (Wildman–Crippen LogP) is 15.3. The van der Waals surface area contributed by atoms with E-state index in [2.05, 4.69) is 129 Å². The topological polar surface area (TPSA) is 228 Å². The van der Waals surface area contributed by atoms with E-state index in [4.69, 9.17) is 18.9 Å². The van der Waals surface area contributed by atoms with Gasteiger partial charge in [0, 0.05) is 6.42 Å². The van der Waals surface area contributed by atoms with Crippen molar-refractivity contribution in [3.63, 3.8) is 0 Å². The van der Waals surface area contributed by atoms with Crippen LogP contribution in [0.25, 0.3) is 0 Å². The van der Waals surface area contributed by atoms with Gasteiger partial charge in [0.2, 0.25) is 5.91 Å². The van der Waals surface area contributed by atoms with E-state index in [1.165, 1.54) is 128 Å². The second-order valence-corrected chi connectivity index (χ2v) is 25.0. The summed E-state index contributed by atoms with van der Waals surface area (Å²) in [4.78, 5) is 13.3. The molecule has 91 heavy (non-hydrogen) atoms. The molecular weight excluding hydrogens is 1150 g/mol. The predicted molar refractivity (Wildman–Crippen MR) is 373 cm³/mol. The third kappa shape index (κ3) is 43.9.